The molecule has 0 N–H and O–H groups in total. The highest BCUT2D eigenvalue weighted by Crippen LogP contribution is 2.34. The number of rotatable bonds is 2. The van der Waals surface area contributed by atoms with Gasteiger partial charge in [-0.2, -0.15) is 9.97 Å². The van der Waals surface area contributed by atoms with Crippen molar-refractivity contribution in [2.75, 3.05) is 0 Å². The van der Waals surface area contributed by atoms with Crippen LogP contribution in [0, 0.1) is 0 Å². The Morgan fingerprint density at radius 2 is 1.32 bits per heavy atom. The third-order valence-electron chi connectivity index (χ3n) is 4.99. The topological polar surface area (TPSA) is 38.7 Å². The first-order valence-corrected chi connectivity index (χ1v) is 9.73. The van der Waals surface area contributed by atoms with Crippen LogP contribution < -0.4 is 0 Å². The first-order valence-electron chi connectivity index (χ1n) is 13.9. The summed E-state index contributed by atoms with van der Waals surface area (Å²) >= 11 is 6.36. The Hall–Kier alpha value is -3.82. The normalized spacial score (nSPS) is 15.5. The van der Waals surface area contributed by atoms with Crippen molar-refractivity contribution < 1.29 is 12.3 Å². The van der Waals surface area contributed by atoms with Crippen LogP contribution in [0.25, 0.3) is 55.1 Å². The van der Waals surface area contributed by atoms with Crippen LogP contribution >= 0.6 is 11.6 Å². The highest BCUT2D eigenvalue weighted by molar-refractivity contribution is 6.28. The molecule has 1 aromatic heterocycles. The third kappa shape index (κ3) is 3.02. The molecule has 0 fully saturated rings. The highest BCUT2D eigenvalue weighted by atomic mass is 35.5. The quantitative estimate of drug-likeness (QED) is 0.272. The van der Waals surface area contributed by atoms with Crippen molar-refractivity contribution in [1.82, 2.24) is 15.0 Å². The van der Waals surface area contributed by atoms with Crippen molar-refractivity contribution in [3.05, 3.63) is 102 Å². The van der Waals surface area contributed by atoms with Crippen LogP contribution in [-0.2, 0) is 0 Å². The summed E-state index contributed by atoms with van der Waals surface area (Å²) < 4.78 is 76.5. The molecule has 6 rings (SSSR count). The second-order valence-electron chi connectivity index (χ2n) is 6.78. The summed E-state index contributed by atoms with van der Waals surface area (Å²) in [6.07, 6.45) is 0. The predicted molar refractivity (Wildman–Crippen MR) is 128 cm³/mol. The van der Waals surface area contributed by atoms with Crippen LogP contribution in [0.3, 0.4) is 0 Å². The minimum Gasteiger partial charge on any atom is -0.208 e. The lowest BCUT2D eigenvalue weighted by molar-refractivity contribution is 1.07. The molecule has 5 aromatic carbocycles. The van der Waals surface area contributed by atoms with Gasteiger partial charge >= 0.3 is 0 Å². The van der Waals surface area contributed by atoms with E-state index in [1.54, 1.807) is 6.07 Å². The lowest BCUT2D eigenvalue weighted by atomic mass is 9.97. The number of fused-ring (bicyclic) bond motifs is 4. The fourth-order valence-electron chi connectivity index (χ4n) is 3.64. The zero-order valence-corrected chi connectivity index (χ0v) is 16.5. The second kappa shape index (κ2) is 7.15. The molecule has 146 valence electrons. The Balaban J connectivity index is 1.83. The van der Waals surface area contributed by atoms with Gasteiger partial charge in [-0.15, -0.1) is 0 Å². The average Bonchev–Trinajstić information content (AvgIpc) is 2.94. The predicted octanol–water partition coefficient (Wildman–Crippen LogP) is 7.32. The highest BCUT2D eigenvalue weighted by Gasteiger charge is 2.15. The van der Waals surface area contributed by atoms with E-state index in [-0.39, 0.29) is 44.0 Å². The van der Waals surface area contributed by atoms with Crippen LogP contribution in [0.4, 0.5) is 0 Å². The van der Waals surface area contributed by atoms with E-state index >= 15 is 0 Å². The maximum Gasteiger partial charge on any atom is 0.226 e. The number of hydrogen-bond acceptors (Lipinski definition) is 3. The molecule has 0 aliphatic carbocycles. The molecule has 4 heteroatoms. The summed E-state index contributed by atoms with van der Waals surface area (Å²) in [5.74, 6) is -0.00692. The molecular formula is C27H16ClN3. The standard InChI is InChI=1S/C27H16ClN3/c28-27-30-25(22-13-5-9-17-7-1-3-11-20(17)22)29-26(31-27)23-14-6-10-19-16-15-18-8-2-4-12-21(18)24(19)23/h1-16H/i2D,4D,6D,8D,10D,12D,14D,15D,16D. The van der Waals surface area contributed by atoms with E-state index < -0.39 is 54.4 Å². The van der Waals surface area contributed by atoms with E-state index in [0.717, 1.165) is 10.8 Å². The van der Waals surface area contributed by atoms with Crippen molar-refractivity contribution in [3.8, 4) is 22.8 Å². The molecule has 0 bridgehead atoms. The van der Waals surface area contributed by atoms with E-state index in [1.165, 1.54) is 0 Å². The van der Waals surface area contributed by atoms with Crippen molar-refractivity contribution >= 4 is 43.9 Å². The van der Waals surface area contributed by atoms with Crippen molar-refractivity contribution in [3.63, 3.8) is 0 Å². The molecule has 0 atom stereocenters. The van der Waals surface area contributed by atoms with E-state index in [1.807, 2.05) is 36.4 Å². The lowest BCUT2D eigenvalue weighted by Crippen LogP contribution is -1.98. The Morgan fingerprint density at radius 1 is 0.581 bits per heavy atom. The van der Waals surface area contributed by atoms with Gasteiger partial charge in [0.15, 0.2) is 11.6 Å². The van der Waals surface area contributed by atoms with E-state index in [2.05, 4.69) is 15.0 Å². The second-order valence-corrected chi connectivity index (χ2v) is 7.12. The molecule has 0 aliphatic heterocycles. The van der Waals surface area contributed by atoms with Crippen LogP contribution in [0.5, 0.6) is 0 Å². The van der Waals surface area contributed by atoms with E-state index in [4.69, 9.17) is 23.9 Å². The summed E-state index contributed by atoms with van der Waals surface area (Å²) in [5, 5.41) is 0.792. The van der Waals surface area contributed by atoms with Crippen molar-refractivity contribution in [1.29, 1.82) is 0 Å². The minimum absolute atomic E-state index is 0.0971. The first kappa shape index (κ1) is 11.0. The summed E-state index contributed by atoms with van der Waals surface area (Å²) in [5.41, 5.74) is 0.467. The third-order valence-corrected chi connectivity index (χ3v) is 5.16. The fourth-order valence-corrected chi connectivity index (χ4v) is 3.80. The summed E-state index contributed by atoms with van der Waals surface area (Å²) in [6, 6.07) is 8.29. The summed E-state index contributed by atoms with van der Waals surface area (Å²) in [6.45, 7) is 0. The van der Waals surface area contributed by atoms with Gasteiger partial charge in [-0.25, -0.2) is 4.98 Å². The number of halogens is 1. The molecule has 0 spiro atoms. The maximum atomic E-state index is 8.80. The van der Waals surface area contributed by atoms with Crippen molar-refractivity contribution in [2.24, 2.45) is 0 Å². The van der Waals surface area contributed by atoms with E-state index in [9.17, 15) is 0 Å². The molecule has 6 aromatic rings. The number of hydrogen-bond donors (Lipinski definition) is 0. The number of aromatic nitrogens is 3. The van der Waals surface area contributed by atoms with Crippen LogP contribution in [0.15, 0.2) is 96.8 Å². The Labute approximate surface area is 196 Å². The van der Waals surface area contributed by atoms with Crippen LogP contribution in [-0.4, -0.2) is 15.0 Å². The van der Waals surface area contributed by atoms with Gasteiger partial charge in [-0.3, -0.25) is 0 Å². The van der Waals surface area contributed by atoms with Gasteiger partial charge in [0.2, 0.25) is 5.28 Å². The molecule has 0 radical (unpaired) electrons. The Kier molecular flexibility index (Phi) is 2.53. The van der Waals surface area contributed by atoms with Gasteiger partial charge < -0.3 is 0 Å². The van der Waals surface area contributed by atoms with Gasteiger partial charge in [0.25, 0.3) is 0 Å². The van der Waals surface area contributed by atoms with Crippen LogP contribution in [0.2, 0.25) is 5.28 Å². The lowest BCUT2D eigenvalue weighted by Gasteiger charge is -2.11. The Bertz CT molecular complexity index is 2080. The molecule has 0 aliphatic rings. The molecule has 1 heterocycles. The van der Waals surface area contributed by atoms with Gasteiger partial charge in [0.1, 0.15) is 0 Å². The number of nitrogens with zero attached hydrogens (tertiary/aromatic N) is 3. The molecule has 0 saturated carbocycles. The monoisotopic (exact) mass is 426 g/mol. The minimum atomic E-state index is -0.583. The smallest absolute Gasteiger partial charge is 0.208 e. The molecule has 0 amide bonds. The number of benzene rings is 5. The van der Waals surface area contributed by atoms with Gasteiger partial charge in [0, 0.05) is 16.5 Å². The molecule has 31 heavy (non-hydrogen) atoms. The Morgan fingerprint density at radius 3 is 2.26 bits per heavy atom. The van der Waals surface area contributed by atoms with Gasteiger partial charge in [0.05, 0.1) is 12.3 Å². The molecule has 0 unspecified atom stereocenters. The molecular weight excluding hydrogens is 402 g/mol. The van der Waals surface area contributed by atoms with Gasteiger partial charge in [-0.05, 0) is 38.5 Å². The maximum absolute atomic E-state index is 8.80. The van der Waals surface area contributed by atoms with E-state index in [0.29, 0.717) is 5.56 Å². The summed E-state index contributed by atoms with van der Waals surface area (Å²) in [7, 11) is 0. The largest absolute Gasteiger partial charge is 0.226 e. The van der Waals surface area contributed by atoms with Crippen molar-refractivity contribution in [2.45, 2.75) is 0 Å². The molecule has 3 nitrogen and oxygen atoms in total. The summed E-state index contributed by atoms with van der Waals surface area (Å²) in [4.78, 5) is 13.1. The first-order chi connectivity index (χ1) is 19.0. The average molecular weight is 427 g/mol. The zero-order chi connectivity index (χ0) is 28.6. The molecule has 0 saturated heterocycles. The zero-order valence-electron chi connectivity index (χ0n) is 24.8. The van der Waals surface area contributed by atoms with Gasteiger partial charge in [-0.1, -0.05) is 96.8 Å². The fraction of sp³-hybridized carbons (Fsp3) is 0. The SMILES string of the molecule is [2H]c1c([2H])c([2H])c2c(c1[2H])c([2H])c([2H])c1c([2H])c([2H])c([2H])c(-c3nc(Cl)nc(-c4cccc5ccccc45)n3)c12. The van der Waals surface area contributed by atoms with Crippen LogP contribution in [0.1, 0.15) is 12.3 Å².